The van der Waals surface area contributed by atoms with Crippen molar-refractivity contribution in [3.8, 4) is 11.3 Å². The van der Waals surface area contributed by atoms with Gasteiger partial charge < -0.3 is 20.3 Å². The Balaban J connectivity index is 1.68. The lowest BCUT2D eigenvalue weighted by molar-refractivity contribution is 0.123. The van der Waals surface area contributed by atoms with Crippen LogP contribution in [0.5, 0.6) is 0 Å². The van der Waals surface area contributed by atoms with E-state index >= 15 is 0 Å². The van der Waals surface area contributed by atoms with E-state index in [1.807, 2.05) is 30.3 Å². The molecular formula is C23H27N5O. The minimum absolute atomic E-state index is 0.280. The topological polar surface area (TPSA) is 62.3 Å². The van der Waals surface area contributed by atoms with Gasteiger partial charge in [0.05, 0.1) is 30.3 Å². The third-order valence-corrected chi connectivity index (χ3v) is 4.73. The highest BCUT2D eigenvalue weighted by molar-refractivity contribution is 5.75. The van der Waals surface area contributed by atoms with Gasteiger partial charge in [0.15, 0.2) is 0 Å². The van der Waals surface area contributed by atoms with Gasteiger partial charge in [-0.2, -0.15) is 4.98 Å². The van der Waals surface area contributed by atoms with Crippen molar-refractivity contribution in [1.82, 2.24) is 9.97 Å². The van der Waals surface area contributed by atoms with Crippen LogP contribution in [0.2, 0.25) is 0 Å². The van der Waals surface area contributed by atoms with Crippen LogP contribution >= 0.6 is 0 Å². The number of nitrogens with one attached hydrogen (secondary N) is 2. The quantitative estimate of drug-likeness (QED) is 0.645. The van der Waals surface area contributed by atoms with Crippen LogP contribution < -0.4 is 15.5 Å². The Hall–Kier alpha value is -3.12. The highest BCUT2D eigenvalue weighted by Crippen LogP contribution is 2.30. The normalized spacial score (nSPS) is 14.1. The molecule has 2 N–H and O–H groups in total. The molecule has 3 aromatic rings. The van der Waals surface area contributed by atoms with Gasteiger partial charge in [-0.3, -0.25) is 0 Å². The van der Waals surface area contributed by atoms with Gasteiger partial charge in [-0.25, -0.2) is 4.98 Å². The third kappa shape index (κ3) is 4.84. The molecule has 1 aromatic heterocycles. The minimum Gasteiger partial charge on any atom is -0.378 e. The zero-order valence-electron chi connectivity index (χ0n) is 16.9. The summed E-state index contributed by atoms with van der Waals surface area (Å²) >= 11 is 0. The number of rotatable bonds is 6. The van der Waals surface area contributed by atoms with Crippen LogP contribution in [-0.2, 0) is 4.74 Å². The van der Waals surface area contributed by atoms with Crippen LogP contribution in [-0.4, -0.2) is 42.3 Å². The lowest BCUT2D eigenvalue weighted by Crippen LogP contribution is -2.36. The standard InChI is InChI=1S/C23H27N5O/c1-17(2)24-22-16-20(18-8-4-3-5-9-18)26-23(27-22)25-19-10-6-7-11-21(19)28-12-14-29-15-13-28/h3-11,16-17H,12-15H2,1-2H3,(H2,24,25,26,27). The molecule has 2 aromatic carbocycles. The highest BCUT2D eigenvalue weighted by Gasteiger charge is 2.16. The molecule has 6 nitrogen and oxygen atoms in total. The van der Waals surface area contributed by atoms with E-state index in [1.54, 1.807) is 0 Å². The number of ether oxygens (including phenoxy) is 1. The zero-order valence-corrected chi connectivity index (χ0v) is 16.9. The average molecular weight is 390 g/mol. The Morgan fingerprint density at radius 2 is 1.66 bits per heavy atom. The number of nitrogens with zero attached hydrogens (tertiary/aromatic N) is 3. The smallest absolute Gasteiger partial charge is 0.229 e. The Bertz CT molecular complexity index is 939. The predicted molar refractivity (Wildman–Crippen MR) is 119 cm³/mol. The molecule has 1 aliphatic rings. The van der Waals surface area contributed by atoms with Crippen LogP contribution in [0.4, 0.5) is 23.1 Å². The van der Waals surface area contributed by atoms with E-state index in [1.165, 1.54) is 0 Å². The molecule has 0 amide bonds. The van der Waals surface area contributed by atoms with Gasteiger partial charge in [-0.15, -0.1) is 0 Å². The van der Waals surface area contributed by atoms with E-state index in [9.17, 15) is 0 Å². The molecule has 0 unspecified atom stereocenters. The van der Waals surface area contributed by atoms with Crippen molar-refractivity contribution in [2.45, 2.75) is 19.9 Å². The molecule has 6 heteroatoms. The molecule has 0 spiro atoms. The maximum absolute atomic E-state index is 5.50. The molecule has 4 rings (SSSR count). The molecule has 0 radical (unpaired) electrons. The van der Waals surface area contributed by atoms with E-state index in [4.69, 9.17) is 14.7 Å². The maximum Gasteiger partial charge on any atom is 0.229 e. The van der Waals surface area contributed by atoms with Crippen LogP contribution in [0.25, 0.3) is 11.3 Å². The van der Waals surface area contributed by atoms with Crippen LogP contribution in [0.15, 0.2) is 60.7 Å². The second kappa shape index (κ2) is 8.92. The highest BCUT2D eigenvalue weighted by atomic mass is 16.5. The number of hydrogen-bond donors (Lipinski definition) is 2. The van der Waals surface area contributed by atoms with Gasteiger partial charge in [-0.1, -0.05) is 42.5 Å². The summed E-state index contributed by atoms with van der Waals surface area (Å²) in [5.74, 6) is 1.38. The summed E-state index contributed by atoms with van der Waals surface area (Å²) in [6, 6.07) is 20.7. The van der Waals surface area contributed by atoms with Crippen molar-refractivity contribution in [3.63, 3.8) is 0 Å². The summed E-state index contributed by atoms with van der Waals surface area (Å²) in [5.41, 5.74) is 4.08. The summed E-state index contributed by atoms with van der Waals surface area (Å²) in [6.07, 6.45) is 0. The summed E-state index contributed by atoms with van der Waals surface area (Å²) in [7, 11) is 0. The van der Waals surface area contributed by atoms with Crippen LogP contribution in [0.1, 0.15) is 13.8 Å². The minimum atomic E-state index is 0.280. The van der Waals surface area contributed by atoms with Crippen molar-refractivity contribution < 1.29 is 4.74 Å². The number of hydrogen-bond acceptors (Lipinski definition) is 6. The first kappa shape index (κ1) is 19.2. The van der Waals surface area contributed by atoms with Crippen molar-refractivity contribution in [2.24, 2.45) is 0 Å². The van der Waals surface area contributed by atoms with Gasteiger partial charge in [0.1, 0.15) is 5.82 Å². The lowest BCUT2D eigenvalue weighted by atomic mass is 10.1. The number of morpholine rings is 1. The molecule has 1 fully saturated rings. The second-order valence-corrected chi connectivity index (χ2v) is 7.37. The Kier molecular flexibility index (Phi) is 5.91. The molecule has 2 heterocycles. The number of aromatic nitrogens is 2. The Labute approximate surface area is 172 Å². The van der Waals surface area contributed by atoms with Crippen LogP contribution in [0, 0.1) is 0 Å². The molecule has 29 heavy (non-hydrogen) atoms. The van der Waals surface area contributed by atoms with Crippen LogP contribution in [0.3, 0.4) is 0 Å². The summed E-state index contributed by atoms with van der Waals surface area (Å²) in [5, 5.41) is 6.85. The predicted octanol–water partition coefficient (Wildman–Crippen LogP) is 4.54. The molecule has 0 aliphatic carbocycles. The fourth-order valence-electron chi connectivity index (χ4n) is 3.41. The molecule has 1 aliphatic heterocycles. The monoisotopic (exact) mass is 389 g/mol. The Morgan fingerprint density at radius 3 is 2.41 bits per heavy atom. The fraction of sp³-hybridized carbons (Fsp3) is 0.304. The molecule has 1 saturated heterocycles. The third-order valence-electron chi connectivity index (χ3n) is 4.73. The molecule has 0 bridgehead atoms. The summed E-state index contributed by atoms with van der Waals surface area (Å²) in [4.78, 5) is 11.8. The lowest BCUT2D eigenvalue weighted by Gasteiger charge is -2.30. The van der Waals surface area contributed by atoms with Gasteiger partial charge >= 0.3 is 0 Å². The summed E-state index contributed by atoms with van der Waals surface area (Å²) < 4.78 is 5.50. The first-order chi connectivity index (χ1) is 14.2. The largest absolute Gasteiger partial charge is 0.378 e. The first-order valence-electron chi connectivity index (χ1n) is 10.1. The van der Waals surface area contributed by atoms with Crippen molar-refractivity contribution in [3.05, 3.63) is 60.7 Å². The first-order valence-corrected chi connectivity index (χ1v) is 10.1. The number of anilines is 4. The average Bonchev–Trinajstić information content (AvgIpc) is 2.75. The van der Waals surface area contributed by atoms with Crippen molar-refractivity contribution >= 4 is 23.1 Å². The number of para-hydroxylation sites is 2. The van der Waals surface area contributed by atoms with E-state index in [0.717, 1.165) is 54.8 Å². The van der Waals surface area contributed by atoms with Gasteiger partial charge in [0.2, 0.25) is 5.95 Å². The van der Waals surface area contributed by atoms with E-state index in [0.29, 0.717) is 5.95 Å². The van der Waals surface area contributed by atoms with Crippen molar-refractivity contribution in [2.75, 3.05) is 41.8 Å². The molecule has 0 atom stereocenters. The Morgan fingerprint density at radius 1 is 0.931 bits per heavy atom. The van der Waals surface area contributed by atoms with Gasteiger partial charge in [0.25, 0.3) is 0 Å². The molecule has 0 saturated carbocycles. The summed E-state index contributed by atoms with van der Waals surface area (Å²) in [6.45, 7) is 7.46. The van der Waals surface area contributed by atoms with Gasteiger partial charge in [0, 0.05) is 30.8 Å². The van der Waals surface area contributed by atoms with E-state index in [-0.39, 0.29) is 6.04 Å². The van der Waals surface area contributed by atoms with E-state index < -0.39 is 0 Å². The van der Waals surface area contributed by atoms with E-state index in [2.05, 4.69) is 59.7 Å². The SMILES string of the molecule is CC(C)Nc1cc(-c2ccccc2)nc(Nc2ccccc2N2CCOCC2)n1. The second-order valence-electron chi connectivity index (χ2n) is 7.37. The maximum atomic E-state index is 5.50. The number of benzene rings is 2. The molecular weight excluding hydrogens is 362 g/mol. The van der Waals surface area contributed by atoms with Gasteiger partial charge in [-0.05, 0) is 26.0 Å². The zero-order chi connectivity index (χ0) is 20.1. The van der Waals surface area contributed by atoms with Crippen molar-refractivity contribution in [1.29, 1.82) is 0 Å². The molecule has 150 valence electrons. The fourth-order valence-corrected chi connectivity index (χ4v) is 3.41.